The van der Waals surface area contributed by atoms with E-state index in [4.69, 9.17) is 4.74 Å². The van der Waals surface area contributed by atoms with Gasteiger partial charge in [0.2, 0.25) is 0 Å². The Labute approximate surface area is 97.8 Å². The molecule has 1 aromatic heterocycles. The second kappa shape index (κ2) is 5.47. The fourth-order valence-electron chi connectivity index (χ4n) is 0.808. The maximum absolute atomic E-state index is 11.5. The number of ether oxygens (including phenoxy) is 1. The van der Waals surface area contributed by atoms with Crippen molar-refractivity contribution < 1.29 is 9.53 Å². The minimum Gasteiger partial charge on any atom is -0.383 e. The summed E-state index contributed by atoms with van der Waals surface area (Å²) in [4.78, 5) is 11.5. The number of hydrogen-bond acceptors (Lipinski definition) is 3. The third kappa shape index (κ3) is 2.79. The maximum atomic E-state index is 11.5. The molecule has 1 heterocycles. The van der Waals surface area contributed by atoms with Crippen molar-refractivity contribution in [1.29, 1.82) is 0 Å². The lowest BCUT2D eigenvalue weighted by Crippen LogP contribution is -2.27. The average molecular weight is 327 g/mol. The Morgan fingerprint density at radius 2 is 2.36 bits per heavy atom. The standard InChI is InChI=1S/C7H9Br2N3O2/c1-14-3-2-10-7(13)5-4(8)6(9)12-11-5/h2-3H2,1H3,(H,10,13)(H,11,12). The molecule has 7 heteroatoms. The van der Waals surface area contributed by atoms with Crippen molar-refractivity contribution in [1.82, 2.24) is 15.5 Å². The van der Waals surface area contributed by atoms with Crippen LogP contribution in [0.5, 0.6) is 0 Å². The molecule has 5 nitrogen and oxygen atoms in total. The molecule has 1 amide bonds. The van der Waals surface area contributed by atoms with E-state index in [0.29, 0.717) is 27.9 Å². The zero-order valence-corrected chi connectivity index (χ0v) is 10.6. The minimum absolute atomic E-state index is 0.240. The van der Waals surface area contributed by atoms with Crippen molar-refractivity contribution in [2.24, 2.45) is 0 Å². The molecule has 0 fully saturated rings. The Kier molecular flexibility index (Phi) is 4.56. The van der Waals surface area contributed by atoms with Crippen LogP contribution in [0.2, 0.25) is 0 Å². The fourth-order valence-corrected chi connectivity index (χ4v) is 1.44. The van der Waals surface area contributed by atoms with Crippen molar-refractivity contribution >= 4 is 37.8 Å². The lowest BCUT2D eigenvalue weighted by atomic mass is 10.4. The van der Waals surface area contributed by atoms with Gasteiger partial charge < -0.3 is 10.1 Å². The molecular weight excluding hydrogens is 318 g/mol. The van der Waals surface area contributed by atoms with Crippen LogP contribution < -0.4 is 5.32 Å². The second-order valence-corrected chi connectivity index (χ2v) is 4.03. The molecule has 0 atom stereocenters. The zero-order chi connectivity index (χ0) is 10.6. The Bertz CT molecular complexity index is 327. The number of nitrogens with zero attached hydrogens (tertiary/aromatic N) is 1. The normalized spacial score (nSPS) is 10.2. The highest BCUT2D eigenvalue weighted by Gasteiger charge is 2.15. The van der Waals surface area contributed by atoms with E-state index in [0.717, 1.165) is 0 Å². The smallest absolute Gasteiger partial charge is 0.273 e. The number of methoxy groups -OCH3 is 1. The van der Waals surface area contributed by atoms with Crippen molar-refractivity contribution in [2.75, 3.05) is 20.3 Å². The molecule has 0 spiro atoms. The van der Waals surface area contributed by atoms with Gasteiger partial charge in [-0.15, -0.1) is 0 Å². The Morgan fingerprint density at radius 1 is 1.64 bits per heavy atom. The zero-order valence-electron chi connectivity index (χ0n) is 7.43. The van der Waals surface area contributed by atoms with E-state index >= 15 is 0 Å². The first-order chi connectivity index (χ1) is 6.66. The van der Waals surface area contributed by atoms with Gasteiger partial charge >= 0.3 is 0 Å². The van der Waals surface area contributed by atoms with E-state index in [9.17, 15) is 4.79 Å². The molecule has 0 aliphatic heterocycles. The van der Waals surface area contributed by atoms with Crippen LogP contribution in [-0.2, 0) is 4.74 Å². The van der Waals surface area contributed by atoms with E-state index in [-0.39, 0.29) is 5.91 Å². The van der Waals surface area contributed by atoms with Crippen LogP contribution in [0.4, 0.5) is 0 Å². The van der Waals surface area contributed by atoms with Crippen molar-refractivity contribution in [3.8, 4) is 0 Å². The molecule has 0 saturated carbocycles. The summed E-state index contributed by atoms with van der Waals surface area (Å²) in [6, 6.07) is 0. The fraction of sp³-hybridized carbons (Fsp3) is 0.429. The number of rotatable bonds is 4. The molecule has 2 N–H and O–H groups in total. The number of amides is 1. The van der Waals surface area contributed by atoms with Crippen LogP contribution in [-0.4, -0.2) is 36.4 Å². The highest BCUT2D eigenvalue weighted by molar-refractivity contribution is 9.13. The first-order valence-corrected chi connectivity index (χ1v) is 5.42. The number of H-pyrrole nitrogens is 1. The molecule has 0 unspecified atom stereocenters. The largest absolute Gasteiger partial charge is 0.383 e. The van der Waals surface area contributed by atoms with Crippen LogP contribution in [0.15, 0.2) is 9.08 Å². The van der Waals surface area contributed by atoms with Gasteiger partial charge in [-0.25, -0.2) is 0 Å². The Hall–Kier alpha value is -0.400. The molecule has 78 valence electrons. The van der Waals surface area contributed by atoms with E-state index in [1.54, 1.807) is 7.11 Å². The SMILES string of the molecule is COCCNC(=O)c1n[nH]c(Br)c1Br. The molecule has 1 aromatic rings. The number of carbonyl (C=O) groups excluding carboxylic acids is 1. The van der Waals surface area contributed by atoms with Gasteiger partial charge in [0, 0.05) is 13.7 Å². The van der Waals surface area contributed by atoms with Crippen LogP contribution in [0.1, 0.15) is 10.5 Å². The summed E-state index contributed by atoms with van der Waals surface area (Å²) in [6.07, 6.45) is 0. The average Bonchev–Trinajstić information content (AvgIpc) is 2.48. The summed E-state index contributed by atoms with van der Waals surface area (Å²) < 4.78 is 6.07. The quantitative estimate of drug-likeness (QED) is 0.820. The van der Waals surface area contributed by atoms with Crippen molar-refractivity contribution in [3.63, 3.8) is 0 Å². The summed E-state index contributed by atoms with van der Waals surface area (Å²) in [5.74, 6) is -0.240. The predicted octanol–water partition coefficient (Wildman–Crippen LogP) is 1.31. The lowest BCUT2D eigenvalue weighted by molar-refractivity contribution is 0.0931. The highest BCUT2D eigenvalue weighted by atomic mass is 79.9. The topological polar surface area (TPSA) is 67.0 Å². The number of aromatic nitrogens is 2. The molecule has 0 radical (unpaired) electrons. The van der Waals surface area contributed by atoms with Gasteiger partial charge in [-0.3, -0.25) is 9.89 Å². The minimum atomic E-state index is -0.240. The molecule has 0 aliphatic carbocycles. The van der Waals surface area contributed by atoms with E-state index in [1.165, 1.54) is 0 Å². The first-order valence-electron chi connectivity index (χ1n) is 3.83. The molecule has 0 saturated heterocycles. The predicted molar refractivity (Wildman–Crippen MR) is 58.2 cm³/mol. The Morgan fingerprint density at radius 3 is 2.86 bits per heavy atom. The molecule has 0 aromatic carbocycles. The molecule has 1 rings (SSSR count). The van der Waals surface area contributed by atoms with Gasteiger partial charge in [-0.2, -0.15) is 5.10 Å². The third-order valence-corrected chi connectivity index (χ3v) is 3.35. The van der Waals surface area contributed by atoms with E-state index in [2.05, 4.69) is 47.4 Å². The van der Waals surface area contributed by atoms with E-state index in [1.807, 2.05) is 0 Å². The highest BCUT2D eigenvalue weighted by Crippen LogP contribution is 2.23. The number of carbonyl (C=O) groups is 1. The molecule has 0 bridgehead atoms. The molecule has 14 heavy (non-hydrogen) atoms. The second-order valence-electron chi connectivity index (χ2n) is 2.45. The number of hydrogen-bond donors (Lipinski definition) is 2. The van der Waals surface area contributed by atoms with Crippen LogP contribution in [0, 0.1) is 0 Å². The molecule has 0 aliphatic rings. The third-order valence-electron chi connectivity index (χ3n) is 1.47. The van der Waals surface area contributed by atoms with Crippen LogP contribution in [0.25, 0.3) is 0 Å². The summed E-state index contributed by atoms with van der Waals surface area (Å²) >= 11 is 6.42. The first kappa shape index (κ1) is 11.7. The number of aromatic amines is 1. The van der Waals surface area contributed by atoms with Crippen molar-refractivity contribution in [2.45, 2.75) is 0 Å². The van der Waals surface area contributed by atoms with Gasteiger partial charge in [0.15, 0.2) is 5.69 Å². The summed E-state index contributed by atoms with van der Waals surface area (Å²) in [6.45, 7) is 0.946. The number of nitrogens with one attached hydrogen (secondary N) is 2. The molecular formula is C7H9Br2N3O2. The van der Waals surface area contributed by atoms with Gasteiger partial charge in [0.25, 0.3) is 5.91 Å². The summed E-state index contributed by atoms with van der Waals surface area (Å²) in [7, 11) is 1.58. The summed E-state index contributed by atoms with van der Waals surface area (Å²) in [5, 5.41) is 9.12. The number of halogens is 2. The van der Waals surface area contributed by atoms with Crippen LogP contribution in [0.3, 0.4) is 0 Å². The monoisotopic (exact) mass is 325 g/mol. The van der Waals surface area contributed by atoms with Crippen molar-refractivity contribution in [3.05, 3.63) is 14.8 Å². The van der Waals surface area contributed by atoms with Gasteiger partial charge in [0.1, 0.15) is 4.60 Å². The Balaban J connectivity index is 2.56. The van der Waals surface area contributed by atoms with Gasteiger partial charge in [0.05, 0.1) is 11.1 Å². The van der Waals surface area contributed by atoms with Gasteiger partial charge in [-0.1, -0.05) is 0 Å². The van der Waals surface area contributed by atoms with Gasteiger partial charge in [-0.05, 0) is 31.9 Å². The lowest BCUT2D eigenvalue weighted by Gasteiger charge is -2.01. The van der Waals surface area contributed by atoms with Crippen LogP contribution >= 0.6 is 31.9 Å². The van der Waals surface area contributed by atoms with E-state index < -0.39 is 0 Å². The maximum Gasteiger partial charge on any atom is 0.273 e. The summed E-state index contributed by atoms with van der Waals surface area (Å²) in [5.41, 5.74) is 0.327.